The van der Waals surface area contributed by atoms with Gasteiger partial charge in [-0.15, -0.1) is 0 Å². The van der Waals surface area contributed by atoms with Crippen LogP contribution in [0.25, 0.3) is 0 Å². The minimum Gasteiger partial charge on any atom is -0.496 e. The Morgan fingerprint density at radius 2 is 1.90 bits per heavy atom. The standard InChI is InChI=1S/C15H15BrClNO2/c1-19-15-4-2-10(6-13(15)16)9-20-14-5-3-12(17)7-11(14)8-18/h2-7H,8-9,18H2,1H3. The van der Waals surface area contributed by atoms with E-state index in [1.807, 2.05) is 30.3 Å². The molecule has 0 spiro atoms. The molecule has 106 valence electrons. The van der Waals surface area contributed by atoms with Crippen molar-refractivity contribution in [2.24, 2.45) is 5.73 Å². The Bertz CT molecular complexity index is 604. The van der Waals surface area contributed by atoms with Crippen molar-refractivity contribution in [2.45, 2.75) is 13.2 Å². The highest BCUT2D eigenvalue weighted by molar-refractivity contribution is 9.10. The molecule has 0 fully saturated rings. The number of methoxy groups -OCH3 is 1. The van der Waals surface area contributed by atoms with E-state index < -0.39 is 0 Å². The maximum absolute atomic E-state index is 5.94. The summed E-state index contributed by atoms with van der Waals surface area (Å²) >= 11 is 9.39. The fraction of sp³-hybridized carbons (Fsp3) is 0.200. The second-order valence-corrected chi connectivity index (χ2v) is 5.50. The summed E-state index contributed by atoms with van der Waals surface area (Å²) in [4.78, 5) is 0. The second kappa shape index (κ2) is 6.97. The summed E-state index contributed by atoms with van der Waals surface area (Å²) in [5.74, 6) is 1.55. The van der Waals surface area contributed by atoms with Crippen LogP contribution in [0.1, 0.15) is 11.1 Å². The Balaban J connectivity index is 2.10. The van der Waals surface area contributed by atoms with Gasteiger partial charge in [0.05, 0.1) is 11.6 Å². The summed E-state index contributed by atoms with van der Waals surface area (Å²) in [7, 11) is 1.64. The molecule has 0 aliphatic heterocycles. The molecule has 0 heterocycles. The third-order valence-corrected chi connectivity index (χ3v) is 3.71. The van der Waals surface area contributed by atoms with Crippen LogP contribution in [0.15, 0.2) is 40.9 Å². The van der Waals surface area contributed by atoms with E-state index in [1.54, 1.807) is 13.2 Å². The molecule has 0 aliphatic rings. The summed E-state index contributed by atoms with van der Waals surface area (Å²) in [5.41, 5.74) is 7.62. The molecular weight excluding hydrogens is 342 g/mol. The summed E-state index contributed by atoms with van der Waals surface area (Å²) in [6.45, 7) is 0.847. The van der Waals surface area contributed by atoms with Gasteiger partial charge < -0.3 is 15.2 Å². The molecule has 0 radical (unpaired) electrons. The third kappa shape index (κ3) is 3.66. The van der Waals surface area contributed by atoms with Gasteiger partial charge >= 0.3 is 0 Å². The summed E-state index contributed by atoms with van der Waals surface area (Å²) in [6.07, 6.45) is 0. The zero-order chi connectivity index (χ0) is 14.5. The van der Waals surface area contributed by atoms with E-state index in [2.05, 4.69) is 15.9 Å². The monoisotopic (exact) mass is 355 g/mol. The van der Waals surface area contributed by atoms with E-state index in [0.29, 0.717) is 18.2 Å². The molecule has 0 aromatic heterocycles. The molecule has 2 aromatic rings. The third-order valence-electron chi connectivity index (χ3n) is 2.85. The normalized spacial score (nSPS) is 10.4. The SMILES string of the molecule is COc1ccc(COc2ccc(Cl)cc2CN)cc1Br. The van der Waals surface area contributed by atoms with Crippen molar-refractivity contribution in [2.75, 3.05) is 7.11 Å². The second-order valence-electron chi connectivity index (χ2n) is 4.21. The van der Waals surface area contributed by atoms with Crippen LogP contribution < -0.4 is 15.2 Å². The van der Waals surface area contributed by atoms with Crippen molar-refractivity contribution in [1.29, 1.82) is 0 Å². The van der Waals surface area contributed by atoms with Crippen molar-refractivity contribution in [3.63, 3.8) is 0 Å². The molecule has 0 saturated heterocycles. The van der Waals surface area contributed by atoms with Crippen LogP contribution in [0.4, 0.5) is 0 Å². The Kier molecular flexibility index (Phi) is 5.29. The van der Waals surface area contributed by atoms with Crippen molar-refractivity contribution in [3.05, 3.63) is 57.0 Å². The van der Waals surface area contributed by atoms with Gasteiger partial charge in [-0.2, -0.15) is 0 Å². The van der Waals surface area contributed by atoms with Gasteiger partial charge in [0.1, 0.15) is 18.1 Å². The molecule has 0 unspecified atom stereocenters. The zero-order valence-electron chi connectivity index (χ0n) is 11.0. The lowest BCUT2D eigenvalue weighted by Crippen LogP contribution is -2.03. The van der Waals surface area contributed by atoms with Gasteiger partial charge in [0, 0.05) is 17.1 Å². The van der Waals surface area contributed by atoms with Crippen LogP contribution in [0, 0.1) is 0 Å². The number of ether oxygens (including phenoxy) is 2. The largest absolute Gasteiger partial charge is 0.496 e. The van der Waals surface area contributed by atoms with Gasteiger partial charge in [0.2, 0.25) is 0 Å². The number of halogens is 2. The summed E-state index contributed by atoms with van der Waals surface area (Å²) < 4.78 is 11.9. The van der Waals surface area contributed by atoms with Crippen molar-refractivity contribution < 1.29 is 9.47 Å². The lowest BCUT2D eigenvalue weighted by molar-refractivity contribution is 0.302. The maximum Gasteiger partial charge on any atom is 0.133 e. The Morgan fingerprint density at radius 3 is 2.55 bits per heavy atom. The van der Waals surface area contributed by atoms with Crippen LogP contribution in [0.3, 0.4) is 0 Å². The molecule has 2 N–H and O–H groups in total. The molecule has 0 amide bonds. The molecule has 0 bridgehead atoms. The van der Waals surface area contributed by atoms with Crippen LogP contribution in [-0.4, -0.2) is 7.11 Å². The van der Waals surface area contributed by atoms with Gasteiger partial charge in [-0.05, 0) is 51.8 Å². The highest BCUT2D eigenvalue weighted by Gasteiger charge is 2.05. The fourth-order valence-corrected chi connectivity index (χ4v) is 2.59. The molecular formula is C15H15BrClNO2. The quantitative estimate of drug-likeness (QED) is 0.875. The van der Waals surface area contributed by atoms with E-state index in [9.17, 15) is 0 Å². The lowest BCUT2D eigenvalue weighted by Gasteiger charge is -2.12. The fourth-order valence-electron chi connectivity index (χ4n) is 1.81. The maximum atomic E-state index is 5.94. The molecule has 3 nitrogen and oxygen atoms in total. The average molecular weight is 357 g/mol. The zero-order valence-corrected chi connectivity index (χ0v) is 13.4. The van der Waals surface area contributed by atoms with Crippen molar-refractivity contribution in [3.8, 4) is 11.5 Å². The predicted molar refractivity (Wildman–Crippen MR) is 84.4 cm³/mol. The van der Waals surface area contributed by atoms with Crippen LogP contribution >= 0.6 is 27.5 Å². The molecule has 2 aromatic carbocycles. The minimum atomic E-state index is 0.391. The van der Waals surface area contributed by atoms with E-state index >= 15 is 0 Å². The number of hydrogen-bond acceptors (Lipinski definition) is 3. The van der Waals surface area contributed by atoms with E-state index in [4.69, 9.17) is 26.8 Å². The van der Waals surface area contributed by atoms with Gasteiger partial charge in [0.25, 0.3) is 0 Å². The molecule has 0 aliphatic carbocycles. The predicted octanol–water partition coefficient (Wildman–Crippen LogP) is 4.15. The number of nitrogens with two attached hydrogens (primary N) is 1. The van der Waals surface area contributed by atoms with Gasteiger partial charge in [-0.1, -0.05) is 17.7 Å². The minimum absolute atomic E-state index is 0.391. The summed E-state index contributed by atoms with van der Waals surface area (Å²) in [6, 6.07) is 11.3. The average Bonchev–Trinajstić information content (AvgIpc) is 2.46. The first-order valence-electron chi connectivity index (χ1n) is 6.07. The number of benzene rings is 2. The van der Waals surface area contributed by atoms with E-state index in [1.165, 1.54) is 0 Å². The van der Waals surface area contributed by atoms with Crippen LogP contribution in [0.2, 0.25) is 5.02 Å². The van der Waals surface area contributed by atoms with Gasteiger partial charge in [0.15, 0.2) is 0 Å². The Hall–Kier alpha value is -1.23. The van der Waals surface area contributed by atoms with Crippen LogP contribution in [-0.2, 0) is 13.2 Å². The Morgan fingerprint density at radius 1 is 1.15 bits per heavy atom. The Labute approximate surface area is 131 Å². The number of rotatable bonds is 5. The van der Waals surface area contributed by atoms with E-state index in [-0.39, 0.29) is 0 Å². The smallest absolute Gasteiger partial charge is 0.133 e. The highest BCUT2D eigenvalue weighted by atomic mass is 79.9. The summed E-state index contributed by atoms with van der Waals surface area (Å²) in [5, 5.41) is 0.657. The van der Waals surface area contributed by atoms with Crippen molar-refractivity contribution >= 4 is 27.5 Å². The topological polar surface area (TPSA) is 44.5 Å². The van der Waals surface area contributed by atoms with Crippen molar-refractivity contribution in [1.82, 2.24) is 0 Å². The first-order chi connectivity index (χ1) is 9.63. The molecule has 20 heavy (non-hydrogen) atoms. The molecule has 0 saturated carbocycles. The molecule has 0 atom stereocenters. The molecule has 5 heteroatoms. The van der Waals surface area contributed by atoms with Gasteiger partial charge in [-0.25, -0.2) is 0 Å². The van der Waals surface area contributed by atoms with E-state index in [0.717, 1.165) is 27.1 Å². The van der Waals surface area contributed by atoms with Crippen LogP contribution in [0.5, 0.6) is 11.5 Å². The lowest BCUT2D eigenvalue weighted by atomic mass is 10.2. The molecule has 2 rings (SSSR count). The number of hydrogen-bond donors (Lipinski definition) is 1. The van der Waals surface area contributed by atoms with Gasteiger partial charge in [-0.3, -0.25) is 0 Å². The first kappa shape index (κ1) is 15.2. The first-order valence-corrected chi connectivity index (χ1v) is 7.25. The highest BCUT2D eigenvalue weighted by Crippen LogP contribution is 2.27.